The van der Waals surface area contributed by atoms with Crippen LogP contribution in [0.5, 0.6) is 0 Å². The molecule has 0 saturated heterocycles. The van der Waals surface area contributed by atoms with Gasteiger partial charge in [-0.15, -0.1) is 0 Å². The summed E-state index contributed by atoms with van der Waals surface area (Å²) in [6.07, 6.45) is 7.58. The molecule has 1 fully saturated rings. The fourth-order valence-corrected chi connectivity index (χ4v) is 3.64. The van der Waals surface area contributed by atoms with Crippen LogP contribution in [-0.4, -0.2) is 6.04 Å². The van der Waals surface area contributed by atoms with E-state index in [-0.39, 0.29) is 5.41 Å². The molecule has 1 aromatic carbocycles. The summed E-state index contributed by atoms with van der Waals surface area (Å²) in [5.74, 6) is 6.65. The van der Waals surface area contributed by atoms with Crippen molar-refractivity contribution < 1.29 is 0 Å². The lowest BCUT2D eigenvalue weighted by Gasteiger charge is -2.39. The summed E-state index contributed by atoms with van der Waals surface area (Å²) < 4.78 is 0. The highest BCUT2D eigenvalue weighted by Crippen LogP contribution is 2.45. The van der Waals surface area contributed by atoms with E-state index in [0.29, 0.717) is 6.04 Å². The van der Waals surface area contributed by atoms with E-state index < -0.39 is 0 Å². The number of nitrogens with two attached hydrogens (primary N) is 1. The van der Waals surface area contributed by atoms with Crippen molar-refractivity contribution in [3.05, 3.63) is 35.9 Å². The number of hydrogen-bond donors (Lipinski definition) is 2. The summed E-state index contributed by atoms with van der Waals surface area (Å²) in [5.41, 5.74) is 4.87. The van der Waals surface area contributed by atoms with Crippen LogP contribution in [0.2, 0.25) is 0 Å². The van der Waals surface area contributed by atoms with Crippen LogP contribution in [0.1, 0.15) is 57.9 Å². The molecule has 2 rings (SSSR count). The van der Waals surface area contributed by atoms with Gasteiger partial charge in [-0.2, -0.15) is 0 Å². The second-order valence-electron chi connectivity index (χ2n) is 6.20. The number of nitrogens with one attached hydrogen (secondary N) is 1. The predicted molar refractivity (Wildman–Crippen MR) is 81.8 cm³/mol. The van der Waals surface area contributed by atoms with Crippen LogP contribution in [0.4, 0.5) is 0 Å². The minimum absolute atomic E-state index is 0.249. The predicted octanol–water partition coefficient (Wildman–Crippen LogP) is 3.77. The highest BCUT2D eigenvalue weighted by molar-refractivity contribution is 5.29. The van der Waals surface area contributed by atoms with Gasteiger partial charge in [0.05, 0.1) is 0 Å². The van der Waals surface area contributed by atoms with Gasteiger partial charge in [0.2, 0.25) is 0 Å². The summed E-state index contributed by atoms with van der Waals surface area (Å²) in [7, 11) is 0. The highest BCUT2D eigenvalue weighted by Gasteiger charge is 2.42. The van der Waals surface area contributed by atoms with Gasteiger partial charge in [0, 0.05) is 11.5 Å². The normalized spacial score (nSPS) is 21.2. The Morgan fingerprint density at radius 3 is 2.37 bits per heavy atom. The van der Waals surface area contributed by atoms with Gasteiger partial charge in [-0.05, 0) is 30.7 Å². The Bertz CT molecular complexity index is 368. The molecule has 0 spiro atoms. The average Bonchev–Trinajstić information content (AvgIpc) is 2.96. The van der Waals surface area contributed by atoms with E-state index in [0.717, 1.165) is 5.92 Å². The van der Waals surface area contributed by atoms with Gasteiger partial charge in [-0.1, -0.05) is 63.4 Å². The van der Waals surface area contributed by atoms with Gasteiger partial charge < -0.3 is 0 Å². The zero-order valence-corrected chi connectivity index (χ0v) is 12.4. The number of benzene rings is 1. The molecule has 2 atom stereocenters. The topological polar surface area (TPSA) is 38.0 Å². The number of hydrogen-bond acceptors (Lipinski definition) is 2. The molecule has 0 aromatic heterocycles. The molecular weight excluding hydrogens is 232 g/mol. The minimum atomic E-state index is 0.249. The Morgan fingerprint density at radius 2 is 1.84 bits per heavy atom. The van der Waals surface area contributed by atoms with Gasteiger partial charge in [0.1, 0.15) is 0 Å². The molecule has 2 heteroatoms. The molecule has 1 aromatic rings. The first-order valence-electron chi connectivity index (χ1n) is 7.74. The van der Waals surface area contributed by atoms with E-state index in [1.807, 2.05) is 0 Å². The van der Waals surface area contributed by atoms with Crippen LogP contribution in [0.3, 0.4) is 0 Å². The maximum Gasteiger partial charge on any atom is 0.0309 e. The fourth-order valence-electron chi connectivity index (χ4n) is 3.64. The summed E-state index contributed by atoms with van der Waals surface area (Å²) in [4.78, 5) is 0. The van der Waals surface area contributed by atoms with Crippen molar-refractivity contribution in [1.29, 1.82) is 0 Å². The van der Waals surface area contributed by atoms with E-state index in [2.05, 4.69) is 49.6 Å². The van der Waals surface area contributed by atoms with Gasteiger partial charge in [-0.25, -0.2) is 0 Å². The lowest BCUT2D eigenvalue weighted by molar-refractivity contribution is 0.253. The Balaban J connectivity index is 2.27. The molecule has 1 saturated carbocycles. The lowest BCUT2D eigenvalue weighted by atomic mass is 9.70. The highest BCUT2D eigenvalue weighted by atomic mass is 15.2. The first kappa shape index (κ1) is 14.5. The van der Waals surface area contributed by atoms with Crippen LogP contribution in [0, 0.1) is 5.92 Å². The molecule has 19 heavy (non-hydrogen) atoms. The van der Waals surface area contributed by atoms with Crippen molar-refractivity contribution in [2.75, 3.05) is 0 Å². The zero-order chi connectivity index (χ0) is 13.7. The molecule has 0 radical (unpaired) electrons. The van der Waals surface area contributed by atoms with Crippen LogP contribution in [0.15, 0.2) is 30.3 Å². The standard InChI is InChI=1S/C17H28N2/c1-3-14(2)13-16(19-18)17(11-7-8-12-17)15-9-5-4-6-10-15/h4-6,9-10,14,16,19H,3,7-8,11-13,18H2,1-2H3. The number of rotatable bonds is 6. The third-order valence-electron chi connectivity index (χ3n) is 5.05. The Hall–Kier alpha value is -0.860. The maximum absolute atomic E-state index is 5.93. The maximum atomic E-state index is 5.93. The molecule has 0 aliphatic heterocycles. The molecular formula is C17H28N2. The summed E-state index contributed by atoms with van der Waals surface area (Å²) in [6, 6.07) is 11.4. The van der Waals surface area contributed by atoms with E-state index >= 15 is 0 Å². The third kappa shape index (κ3) is 3.01. The van der Waals surface area contributed by atoms with Crippen molar-refractivity contribution in [3.63, 3.8) is 0 Å². The molecule has 0 bridgehead atoms. The SMILES string of the molecule is CCC(C)CC(NN)C1(c2ccccc2)CCCC1. The molecule has 106 valence electrons. The first-order valence-corrected chi connectivity index (χ1v) is 7.74. The van der Waals surface area contributed by atoms with Gasteiger partial charge in [0.25, 0.3) is 0 Å². The lowest BCUT2D eigenvalue weighted by Crippen LogP contribution is -2.50. The Morgan fingerprint density at radius 1 is 1.21 bits per heavy atom. The Kier molecular flexibility index (Phi) is 5.00. The quantitative estimate of drug-likeness (QED) is 0.603. The third-order valence-corrected chi connectivity index (χ3v) is 5.05. The van der Waals surface area contributed by atoms with Crippen molar-refractivity contribution in [1.82, 2.24) is 5.43 Å². The van der Waals surface area contributed by atoms with Crippen molar-refractivity contribution in [3.8, 4) is 0 Å². The minimum Gasteiger partial charge on any atom is -0.271 e. The monoisotopic (exact) mass is 260 g/mol. The van der Waals surface area contributed by atoms with Gasteiger partial charge in [-0.3, -0.25) is 11.3 Å². The van der Waals surface area contributed by atoms with Crippen LogP contribution in [0.25, 0.3) is 0 Å². The van der Waals surface area contributed by atoms with Crippen molar-refractivity contribution in [2.24, 2.45) is 11.8 Å². The average molecular weight is 260 g/mol. The molecule has 2 nitrogen and oxygen atoms in total. The van der Waals surface area contributed by atoms with Crippen LogP contribution >= 0.6 is 0 Å². The van der Waals surface area contributed by atoms with E-state index in [9.17, 15) is 0 Å². The van der Waals surface area contributed by atoms with E-state index in [4.69, 9.17) is 5.84 Å². The van der Waals surface area contributed by atoms with E-state index in [1.54, 1.807) is 0 Å². The van der Waals surface area contributed by atoms with Crippen molar-refractivity contribution in [2.45, 2.75) is 63.8 Å². The Labute approximate surface area is 117 Å². The van der Waals surface area contributed by atoms with Gasteiger partial charge in [0.15, 0.2) is 0 Å². The van der Waals surface area contributed by atoms with E-state index in [1.165, 1.54) is 44.1 Å². The molecule has 1 aliphatic carbocycles. The summed E-state index contributed by atoms with van der Waals surface area (Å²) in [5, 5.41) is 0. The van der Waals surface area contributed by atoms with Crippen LogP contribution < -0.4 is 11.3 Å². The molecule has 0 heterocycles. The number of hydrazine groups is 1. The second kappa shape index (κ2) is 6.53. The first-order chi connectivity index (χ1) is 9.23. The van der Waals surface area contributed by atoms with Crippen molar-refractivity contribution >= 4 is 0 Å². The summed E-state index contributed by atoms with van der Waals surface area (Å²) >= 11 is 0. The molecule has 3 N–H and O–H groups in total. The second-order valence-corrected chi connectivity index (χ2v) is 6.20. The summed E-state index contributed by atoms with van der Waals surface area (Å²) in [6.45, 7) is 4.60. The van der Waals surface area contributed by atoms with Crippen LogP contribution in [-0.2, 0) is 5.41 Å². The molecule has 0 amide bonds. The largest absolute Gasteiger partial charge is 0.271 e. The zero-order valence-electron chi connectivity index (χ0n) is 12.4. The fraction of sp³-hybridized carbons (Fsp3) is 0.647. The molecule has 1 aliphatic rings. The smallest absolute Gasteiger partial charge is 0.0309 e. The van der Waals surface area contributed by atoms with Gasteiger partial charge >= 0.3 is 0 Å². The molecule has 2 unspecified atom stereocenters.